The van der Waals surface area contributed by atoms with Gasteiger partial charge in [0.15, 0.2) is 6.61 Å². The maximum absolute atomic E-state index is 11.9. The third-order valence-electron chi connectivity index (χ3n) is 3.72. The average Bonchev–Trinajstić information content (AvgIpc) is 2.68. The molecule has 1 amide bonds. The lowest BCUT2D eigenvalue weighted by molar-refractivity contribution is -0.142. The first kappa shape index (κ1) is 20.3. The van der Waals surface area contributed by atoms with Crippen molar-refractivity contribution in [3.63, 3.8) is 0 Å². The molecule has 1 N–H and O–H groups in total. The molecule has 0 bridgehead atoms. The second kappa shape index (κ2) is 9.64. The van der Waals surface area contributed by atoms with Gasteiger partial charge in [-0.05, 0) is 48.9 Å². The molecule has 0 atom stereocenters. The Kier molecular flexibility index (Phi) is 7.25. The normalized spacial score (nSPS) is 10.5. The summed E-state index contributed by atoms with van der Waals surface area (Å²) in [6.07, 6.45) is 2.75. The number of esters is 1. The molecule has 0 saturated heterocycles. The standard InChI is InChI=1S/C20H20ClNO5/c1-13-16(21)5-4-6-17(13)22-19(23)12-27-20(24)10-7-14-11-15(25-2)8-9-18(14)26-3/h4-11H,12H2,1-3H3,(H,22,23)/b10-7+. The molecule has 0 aliphatic heterocycles. The van der Waals surface area contributed by atoms with Crippen LogP contribution >= 0.6 is 11.6 Å². The number of carbonyl (C=O) groups is 2. The molecule has 0 spiro atoms. The van der Waals surface area contributed by atoms with Crippen LogP contribution < -0.4 is 14.8 Å². The van der Waals surface area contributed by atoms with Gasteiger partial charge in [0.2, 0.25) is 0 Å². The third-order valence-corrected chi connectivity index (χ3v) is 4.13. The van der Waals surface area contributed by atoms with Crippen LogP contribution in [0.3, 0.4) is 0 Å². The van der Waals surface area contributed by atoms with Crippen LogP contribution in [0.25, 0.3) is 6.08 Å². The van der Waals surface area contributed by atoms with Gasteiger partial charge in [0.05, 0.1) is 14.2 Å². The fraction of sp³-hybridized carbons (Fsp3) is 0.200. The van der Waals surface area contributed by atoms with Gasteiger partial charge >= 0.3 is 5.97 Å². The number of methoxy groups -OCH3 is 2. The Hall–Kier alpha value is -2.99. The number of ether oxygens (including phenoxy) is 3. The third kappa shape index (κ3) is 5.76. The molecule has 142 valence electrons. The number of amides is 1. The van der Waals surface area contributed by atoms with Gasteiger partial charge in [-0.2, -0.15) is 0 Å². The van der Waals surface area contributed by atoms with Crippen LogP contribution in [0.4, 0.5) is 5.69 Å². The van der Waals surface area contributed by atoms with Crippen molar-refractivity contribution in [2.24, 2.45) is 0 Å². The summed E-state index contributed by atoms with van der Waals surface area (Å²) >= 11 is 6.01. The number of benzene rings is 2. The lowest BCUT2D eigenvalue weighted by Gasteiger charge is -2.09. The SMILES string of the molecule is COc1ccc(OC)c(/C=C/C(=O)OCC(=O)Nc2cccc(Cl)c2C)c1. The van der Waals surface area contributed by atoms with Crippen LogP contribution in [0.1, 0.15) is 11.1 Å². The molecule has 0 fully saturated rings. The largest absolute Gasteiger partial charge is 0.497 e. The van der Waals surface area contributed by atoms with Crippen molar-refractivity contribution < 1.29 is 23.8 Å². The van der Waals surface area contributed by atoms with E-state index < -0.39 is 18.5 Å². The molecule has 0 unspecified atom stereocenters. The molecule has 7 heteroatoms. The van der Waals surface area contributed by atoms with Gasteiger partial charge in [0.25, 0.3) is 5.91 Å². The highest BCUT2D eigenvalue weighted by molar-refractivity contribution is 6.31. The van der Waals surface area contributed by atoms with E-state index in [4.69, 9.17) is 25.8 Å². The first-order chi connectivity index (χ1) is 12.9. The fourth-order valence-electron chi connectivity index (χ4n) is 2.24. The van der Waals surface area contributed by atoms with E-state index in [1.807, 2.05) is 0 Å². The summed E-state index contributed by atoms with van der Waals surface area (Å²) in [5.74, 6) is 0.0908. The molecular formula is C20H20ClNO5. The second-order valence-corrected chi connectivity index (χ2v) is 5.92. The second-order valence-electron chi connectivity index (χ2n) is 5.51. The molecule has 2 aromatic rings. The van der Waals surface area contributed by atoms with E-state index in [9.17, 15) is 9.59 Å². The van der Waals surface area contributed by atoms with E-state index in [0.717, 1.165) is 5.56 Å². The minimum Gasteiger partial charge on any atom is -0.497 e. The number of anilines is 1. The number of rotatable bonds is 7. The van der Waals surface area contributed by atoms with Crippen LogP contribution in [0, 0.1) is 6.92 Å². The van der Waals surface area contributed by atoms with Crippen LogP contribution in [0.2, 0.25) is 5.02 Å². The van der Waals surface area contributed by atoms with Gasteiger partial charge in [-0.1, -0.05) is 17.7 Å². The van der Waals surface area contributed by atoms with Crippen molar-refractivity contribution in [3.05, 3.63) is 58.6 Å². The Balaban J connectivity index is 1.93. The Morgan fingerprint density at radius 2 is 1.93 bits per heavy atom. The molecule has 0 saturated carbocycles. The van der Waals surface area contributed by atoms with Crippen molar-refractivity contribution in [3.8, 4) is 11.5 Å². The molecule has 2 aromatic carbocycles. The predicted octanol–water partition coefficient (Wildman–Crippen LogP) is 3.86. The summed E-state index contributed by atoms with van der Waals surface area (Å²) in [6, 6.07) is 10.4. The number of nitrogens with one attached hydrogen (secondary N) is 1. The van der Waals surface area contributed by atoms with Gasteiger partial charge in [-0.3, -0.25) is 4.79 Å². The first-order valence-electron chi connectivity index (χ1n) is 8.06. The Bertz CT molecular complexity index is 863. The lowest BCUT2D eigenvalue weighted by Crippen LogP contribution is -2.20. The highest BCUT2D eigenvalue weighted by Gasteiger charge is 2.09. The summed E-state index contributed by atoms with van der Waals surface area (Å²) < 4.78 is 15.3. The van der Waals surface area contributed by atoms with Crippen molar-refractivity contribution >= 4 is 35.2 Å². The highest BCUT2D eigenvalue weighted by atomic mass is 35.5. The van der Waals surface area contributed by atoms with E-state index in [1.165, 1.54) is 19.3 Å². The summed E-state index contributed by atoms with van der Waals surface area (Å²) in [5.41, 5.74) is 1.96. The zero-order valence-corrected chi connectivity index (χ0v) is 16.0. The fourth-order valence-corrected chi connectivity index (χ4v) is 2.42. The molecule has 0 aliphatic carbocycles. The average molecular weight is 390 g/mol. The number of hydrogen-bond donors (Lipinski definition) is 1. The van der Waals surface area contributed by atoms with Crippen molar-refractivity contribution in [2.75, 3.05) is 26.1 Å². The minimum absolute atomic E-state index is 0.412. The summed E-state index contributed by atoms with van der Waals surface area (Å²) in [7, 11) is 3.07. The van der Waals surface area contributed by atoms with Gasteiger partial charge in [0, 0.05) is 22.3 Å². The van der Waals surface area contributed by atoms with Crippen LogP contribution in [-0.4, -0.2) is 32.7 Å². The molecule has 0 aromatic heterocycles. The summed E-state index contributed by atoms with van der Waals surface area (Å²) in [4.78, 5) is 23.8. The van der Waals surface area contributed by atoms with Crippen molar-refractivity contribution in [1.82, 2.24) is 0 Å². The van der Waals surface area contributed by atoms with Crippen LogP contribution in [0.5, 0.6) is 11.5 Å². The van der Waals surface area contributed by atoms with Crippen LogP contribution in [0.15, 0.2) is 42.5 Å². The van der Waals surface area contributed by atoms with E-state index >= 15 is 0 Å². The van der Waals surface area contributed by atoms with Gasteiger partial charge < -0.3 is 19.5 Å². The van der Waals surface area contributed by atoms with E-state index in [0.29, 0.717) is 27.8 Å². The molecule has 27 heavy (non-hydrogen) atoms. The topological polar surface area (TPSA) is 73.9 Å². The zero-order chi connectivity index (χ0) is 19.8. The van der Waals surface area contributed by atoms with Crippen LogP contribution in [-0.2, 0) is 14.3 Å². The quantitative estimate of drug-likeness (QED) is 0.575. The Labute approximate surface area is 162 Å². The lowest BCUT2D eigenvalue weighted by atomic mass is 10.1. The monoisotopic (exact) mass is 389 g/mol. The number of hydrogen-bond acceptors (Lipinski definition) is 5. The molecule has 2 rings (SSSR count). The molecule has 0 heterocycles. The summed E-state index contributed by atoms with van der Waals surface area (Å²) in [6.45, 7) is 1.37. The Morgan fingerprint density at radius 1 is 1.15 bits per heavy atom. The van der Waals surface area contributed by atoms with Gasteiger partial charge in [-0.25, -0.2) is 4.79 Å². The highest BCUT2D eigenvalue weighted by Crippen LogP contribution is 2.25. The van der Waals surface area contributed by atoms with Crippen molar-refractivity contribution in [1.29, 1.82) is 0 Å². The number of halogens is 1. The maximum atomic E-state index is 11.9. The predicted molar refractivity (Wildman–Crippen MR) is 104 cm³/mol. The van der Waals surface area contributed by atoms with Gasteiger partial charge in [0.1, 0.15) is 11.5 Å². The van der Waals surface area contributed by atoms with Gasteiger partial charge in [-0.15, -0.1) is 0 Å². The molecule has 6 nitrogen and oxygen atoms in total. The maximum Gasteiger partial charge on any atom is 0.331 e. The zero-order valence-electron chi connectivity index (χ0n) is 15.2. The van der Waals surface area contributed by atoms with E-state index in [1.54, 1.807) is 50.4 Å². The van der Waals surface area contributed by atoms with E-state index in [-0.39, 0.29) is 0 Å². The molecule has 0 aliphatic rings. The molecule has 0 radical (unpaired) electrons. The smallest absolute Gasteiger partial charge is 0.331 e. The number of carbonyl (C=O) groups excluding carboxylic acids is 2. The Morgan fingerprint density at radius 3 is 2.63 bits per heavy atom. The molecular weight excluding hydrogens is 370 g/mol. The van der Waals surface area contributed by atoms with E-state index in [2.05, 4.69) is 5.32 Å². The summed E-state index contributed by atoms with van der Waals surface area (Å²) in [5, 5.41) is 3.19. The minimum atomic E-state index is -0.655. The first-order valence-corrected chi connectivity index (χ1v) is 8.44. The van der Waals surface area contributed by atoms with Crippen molar-refractivity contribution in [2.45, 2.75) is 6.92 Å².